The second kappa shape index (κ2) is 7.62. The number of nitrogens with zero attached hydrogens (tertiary/aromatic N) is 2. The van der Waals surface area contributed by atoms with Gasteiger partial charge in [0.05, 0.1) is 26.0 Å². The van der Waals surface area contributed by atoms with Crippen molar-refractivity contribution in [2.75, 3.05) is 0 Å². The minimum atomic E-state index is -1.14. The van der Waals surface area contributed by atoms with Crippen molar-refractivity contribution < 1.29 is 23.5 Å². The third kappa shape index (κ3) is 3.55. The van der Waals surface area contributed by atoms with Crippen LogP contribution in [0.25, 0.3) is 10.8 Å². The zero-order chi connectivity index (χ0) is 20.7. The van der Waals surface area contributed by atoms with Gasteiger partial charge in [0.25, 0.3) is 11.8 Å². The van der Waals surface area contributed by atoms with Gasteiger partial charge in [0.1, 0.15) is 24.6 Å². The monoisotopic (exact) mass is 450 g/mol. The summed E-state index contributed by atoms with van der Waals surface area (Å²) >= 11 is 13.3. The van der Waals surface area contributed by atoms with Gasteiger partial charge in [-0.05, 0) is 30.5 Å². The fraction of sp³-hybridized carbons (Fsp3) is 0.158. The Morgan fingerprint density at radius 1 is 1.24 bits per heavy atom. The molecule has 0 N–H and O–H groups in total. The summed E-state index contributed by atoms with van der Waals surface area (Å²) in [6, 6.07) is 5.23. The second-order valence-electron chi connectivity index (χ2n) is 6.20. The van der Waals surface area contributed by atoms with E-state index in [9.17, 15) is 14.4 Å². The van der Waals surface area contributed by atoms with Crippen LogP contribution in [-0.2, 0) is 16.1 Å². The van der Waals surface area contributed by atoms with Crippen LogP contribution >= 0.6 is 34.5 Å². The molecule has 0 bridgehead atoms. The van der Waals surface area contributed by atoms with E-state index in [-0.39, 0.29) is 27.8 Å². The Kier molecular flexibility index (Phi) is 5.16. The van der Waals surface area contributed by atoms with Crippen LogP contribution < -0.4 is 0 Å². The third-order valence-electron chi connectivity index (χ3n) is 4.33. The molecule has 2 amide bonds. The zero-order valence-electron chi connectivity index (χ0n) is 14.8. The van der Waals surface area contributed by atoms with Crippen molar-refractivity contribution in [3.8, 4) is 10.8 Å². The number of amides is 2. The molecule has 3 aromatic rings. The number of rotatable bonds is 5. The summed E-state index contributed by atoms with van der Waals surface area (Å²) in [7, 11) is 0. The summed E-state index contributed by atoms with van der Waals surface area (Å²) < 4.78 is 10.6. The molecule has 1 atom stereocenters. The summed E-state index contributed by atoms with van der Waals surface area (Å²) in [4.78, 5) is 43.6. The van der Waals surface area contributed by atoms with Crippen molar-refractivity contribution in [3.63, 3.8) is 0 Å². The van der Waals surface area contributed by atoms with E-state index in [4.69, 9.17) is 32.4 Å². The second-order valence-corrected chi connectivity index (χ2v) is 7.96. The number of benzene rings is 1. The molecule has 2 aromatic heterocycles. The molecule has 10 heteroatoms. The number of hydrogen-bond acceptors (Lipinski definition) is 7. The maximum absolute atomic E-state index is 12.6. The summed E-state index contributed by atoms with van der Waals surface area (Å²) in [5.41, 5.74) is 0.608. The van der Waals surface area contributed by atoms with Crippen molar-refractivity contribution in [3.05, 3.63) is 62.8 Å². The molecule has 1 unspecified atom stereocenters. The highest BCUT2D eigenvalue weighted by Crippen LogP contribution is 2.32. The molecule has 0 saturated heterocycles. The minimum Gasteiger partial charge on any atom is -0.458 e. The van der Waals surface area contributed by atoms with Gasteiger partial charge in [-0.25, -0.2) is 9.78 Å². The zero-order valence-corrected chi connectivity index (χ0v) is 17.2. The lowest BCUT2D eigenvalue weighted by Crippen LogP contribution is -2.43. The van der Waals surface area contributed by atoms with Gasteiger partial charge < -0.3 is 9.15 Å². The molecule has 7 nitrogen and oxygen atoms in total. The number of ether oxygens (including phenoxy) is 1. The van der Waals surface area contributed by atoms with Gasteiger partial charge in [-0.15, -0.1) is 11.3 Å². The Morgan fingerprint density at radius 3 is 2.48 bits per heavy atom. The Bertz CT molecular complexity index is 1080. The molecule has 4 rings (SSSR count). The lowest BCUT2D eigenvalue weighted by atomic mass is 10.1. The molecule has 1 aromatic carbocycles. The highest BCUT2D eigenvalue weighted by molar-refractivity contribution is 7.13. The van der Waals surface area contributed by atoms with Gasteiger partial charge in [0.15, 0.2) is 0 Å². The van der Waals surface area contributed by atoms with Crippen LogP contribution in [-0.4, -0.2) is 33.7 Å². The van der Waals surface area contributed by atoms with Gasteiger partial charge in [-0.1, -0.05) is 29.3 Å². The van der Waals surface area contributed by atoms with Crippen LogP contribution in [0.5, 0.6) is 0 Å². The molecule has 0 aliphatic carbocycles. The highest BCUT2D eigenvalue weighted by atomic mass is 35.5. The van der Waals surface area contributed by atoms with Crippen molar-refractivity contribution in [2.24, 2.45) is 0 Å². The number of thiophene rings is 1. The molecule has 0 spiro atoms. The molecular formula is C19H12Cl2N2O5S. The van der Waals surface area contributed by atoms with Crippen LogP contribution in [0.2, 0.25) is 10.0 Å². The summed E-state index contributed by atoms with van der Waals surface area (Å²) in [6.45, 7) is 1.26. The quantitative estimate of drug-likeness (QED) is 0.421. The molecule has 3 heterocycles. The Morgan fingerprint density at radius 2 is 1.90 bits per heavy atom. The van der Waals surface area contributed by atoms with Gasteiger partial charge in [-0.3, -0.25) is 14.5 Å². The van der Waals surface area contributed by atoms with E-state index < -0.39 is 23.8 Å². The number of fused-ring (bicyclic) bond motifs is 1. The van der Waals surface area contributed by atoms with E-state index in [0.29, 0.717) is 11.6 Å². The van der Waals surface area contributed by atoms with Crippen LogP contribution in [0, 0.1) is 0 Å². The average Bonchev–Trinajstić information content (AvgIpc) is 3.42. The number of carbonyl (C=O) groups excluding carboxylic acids is 3. The number of carbonyl (C=O) groups is 3. The van der Waals surface area contributed by atoms with Gasteiger partial charge in [0, 0.05) is 0 Å². The molecule has 148 valence electrons. The van der Waals surface area contributed by atoms with Crippen LogP contribution in [0.1, 0.15) is 33.3 Å². The third-order valence-corrected chi connectivity index (χ3v) is 5.91. The number of imide groups is 1. The van der Waals surface area contributed by atoms with E-state index in [1.807, 2.05) is 17.5 Å². The molecule has 0 radical (unpaired) electrons. The number of esters is 1. The molecule has 0 saturated carbocycles. The lowest BCUT2D eigenvalue weighted by Gasteiger charge is -2.20. The maximum atomic E-state index is 12.6. The lowest BCUT2D eigenvalue weighted by molar-refractivity contribution is -0.149. The van der Waals surface area contributed by atoms with Gasteiger partial charge >= 0.3 is 5.97 Å². The number of oxazole rings is 1. The minimum absolute atomic E-state index is 0.0983. The first-order valence-corrected chi connectivity index (χ1v) is 10.0. The van der Waals surface area contributed by atoms with E-state index in [1.54, 1.807) is 0 Å². The molecular weight excluding hydrogens is 439 g/mol. The van der Waals surface area contributed by atoms with E-state index >= 15 is 0 Å². The standard InChI is InChI=1S/C19H12Cl2N2O5S/c1-9(23-17(24)11-5-13(20)14(21)6-12(11)18(23)25)19(26)28-8-10-7-27-16(22-10)15-3-2-4-29-15/h2-7,9H,8H2,1H3. The van der Waals surface area contributed by atoms with E-state index in [0.717, 1.165) is 9.78 Å². The Balaban J connectivity index is 1.44. The van der Waals surface area contributed by atoms with Crippen molar-refractivity contribution in [1.29, 1.82) is 0 Å². The Labute approximate surface area is 178 Å². The van der Waals surface area contributed by atoms with Crippen LogP contribution in [0.4, 0.5) is 0 Å². The van der Waals surface area contributed by atoms with Crippen LogP contribution in [0.3, 0.4) is 0 Å². The predicted octanol–water partition coefficient (Wildman–Crippen LogP) is 4.44. The molecule has 1 aliphatic heterocycles. The van der Waals surface area contributed by atoms with Crippen LogP contribution in [0.15, 0.2) is 40.3 Å². The molecule has 1 aliphatic rings. The molecule has 29 heavy (non-hydrogen) atoms. The first kappa shape index (κ1) is 19.6. The summed E-state index contributed by atoms with van der Waals surface area (Å²) in [5.74, 6) is -1.59. The molecule has 0 fully saturated rings. The topological polar surface area (TPSA) is 89.7 Å². The van der Waals surface area contributed by atoms with Crippen molar-refractivity contribution in [2.45, 2.75) is 19.6 Å². The number of hydrogen-bond donors (Lipinski definition) is 0. The average molecular weight is 451 g/mol. The smallest absolute Gasteiger partial charge is 0.329 e. The normalized spacial score (nSPS) is 14.2. The number of halogens is 2. The van der Waals surface area contributed by atoms with Crippen molar-refractivity contribution in [1.82, 2.24) is 9.88 Å². The first-order valence-electron chi connectivity index (χ1n) is 8.38. The predicted molar refractivity (Wildman–Crippen MR) is 106 cm³/mol. The van der Waals surface area contributed by atoms with Crippen molar-refractivity contribution >= 4 is 52.3 Å². The SMILES string of the molecule is CC(C(=O)OCc1coc(-c2cccs2)n1)N1C(=O)c2cc(Cl)c(Cl)cc2C1=O. The summed E-state index contributed by atoms with van der Waals surface area (Å²) in [6.07, 6.45) is 1.39. The van der Waals surface area contributed by atoms with E-state index in [2.05, 4.69) is 4.98 Å². The highest BCUT2D eigenvalue weighted by Gasteiger charge is 2.42. The largest absolute Gasteiger partial charge is 0.458 e. The fourth-order valence-electron chi connectivity index (χ4n) is 2.86. The maximum Gasteiger partial charge on any atom is 0.329 e. The van der Waals surface area contributed by atoms with Gasteiger partial charge in [-0.2, -0.15) is 0 Å². The Hall–Kier alpha value is -2.68. The number of aromatic nitrogens is 1. The summed E-state index contributed by atoms with van der Waals surface area (Å²) in [5, 5.41) is 2.19. The first-order chi connectivity index (χ1) is 13.9. The fourth-order valence-corrected chi connectivity index (χ4v) is 3.84. The van der Waals surface area contributed by atoms with Gasteiger partial charge in [0.2, 0.25) is 5.89 Å². The van der Waals surface area contributed by atoms with E-state index in [1.165, 1.54) is 36.7 Å².